The SMILES string of the molecule is CC(CS(C)(=O)=O)NCC(=O)N(C)C1CC1. The summed E-state index contributed by atoms with van der Waals surface area (Å²) < 4.78 is 22.0. The summed E-state index contributed by atoms with van der Waals surface area (Å²) in [5.41, 5.74) is 0. The van der Waals surface area contributed by atoms with Crippen LogP contribution in [0.3, 0.4) is 0 Å². The Kier molecular flexibility index (Phi) is 4.32. The highest BCUT2D eigenvalue weighted by Gasteiger charge is 2.29. The van der Waals surface area contributed by atoms with Gasteiger partial charge in [-0.05, 0) is 19.8 Å². The van der Waals surface area contributed by atoms with E-state index in [4.69, 9.17) is 0 Å². The van der Waals surface area contributed by atoms with Crippen molar-refractivity contribution in [3.8, 4) is 0 Å². The molecule has 0 aromatic rings. The third kappa shape index (κ3) is 4.94. The first-order chi connectivity index (χ1) is 7.29. The second-order valence-corrected chi connectivity index (χ2v) is 6.80. The minimum atomic E-state index is -2.98. The third-order valence-electron chi connectivity index (χ3n) is 2.64. The predicted octanol–water partition coefficient (Wildman–Crippen LogP) is -0.370. The van der Waals surface area contributed by atoms with Crippen LogP contribution in [-0.2, 0) is 14.6 Å². The fourth-order valence-corrected chi connectivity index (χ4v) is 2.59. The number of hydrogen-bond acceptors (Lipinski definition) is 4. The molecular weight excluding hydrogens is 228 g/mol. The maximum atomic E-state index is 11.6. The van der Waals surface area contributed by atoms with Crippen LogP contribution in [0.1, 0.15) is 19.8 Å². The van der Waals surface area contributed by atoms with Crippen molar-refractivity contribution in [1.29, 1.82) is 0 Å². The highest BCUT2D eigenvalue weighted by molar-refractivity contribution is 7.90. The standard InChI is InChI=1S/C10H20N2O3S/c1-8(7-16(3,14)15)11-6-10(13)12(2)9-4-5-9/h8-9,11H,4-7H2,1-3H3. The average molecular weight is 248 g/mol. The Morgan fingerprint density at radius 3 is 2.50 bits per heavy atom. The molecule has 0 aromatic carbocycles. The molecule has 1 atom stereocenters. The third-order valence-corrected chi connectivity index (χ3v) is 3.75. The van der Waals surface area contributed by atoms with Crippen LogP contribution in [0.15, 0.2) is 0 Å². The van der Waals surface area contributed by atoms with E-state index in [-0.39, 0.29) is 24.2 Å². The number of amides is 1. The number of hydrogen-bond donors (Lipinski definition) is 1. The zero-order valence-corrected chi connectivity index (χ0v) is 10.9. The van der Waals surface area contributed by atoms with E-state index in [0.29, 0.717) is 6.04 Å². The van der Waals surface area contributed by atoms with Gasteiger partial charge < -0.3 is 10.2 Å². The molecule has 6 heteroatoms. The van der Waals surface area contributed by atoms with Crippen LogP contribution in [0, 0.1) is 0 Å². The lowest BCUT2D eigenvalue weighted by molar-refractivity contribution is -0.129. The van der Waals surface area contributed by atoms with E-state index in [1.807, 2.05) is 0 Å². The van der Waals surface area contributed by atoms with Gasteiger partial charge in [0.1, 0.15) is 9.84 Å². The van der Waals surface area contributed by atoms with E-state index in [2.05, 4.69) is 5.32 Å². The number of rotatable bonds is 6. The Morgan fingerprint density at radius 2 is 2.06 bits per heavy atom. The maximum Gasteiger partial charge on any atom is 0.236 e. The molecular formula is C10H20N2O3S. The second kappa shape index (κ2) is 5.14. The van der Waals surface area contributed by atoms with Gasteiger partial charge in [0, 0.05) is 25.4 Å². The highest BCUT2D eigenvalue weighted by Crippen LogP contribution is 2.25. The number of nitrogens with zero attached hydrogens (tertiary/aromatic N) is 1. The van der Waals surface area contributed by atoms with Gasteiger partial charge in [0.25, 0.3) is 0 Å². The molecule has 5 nitrogen and oxygen atoms in total. The van der Waals surface area contributed by atoms with Crippen LogP contribution in [-0.4, -0.2) is 56.9 Å². The van der Waals surface area contributed by atoms with Gasteiger partial charge in [-0.2, -0.15) is 0 Å². The summed E-state index contributed by atoms with van der Waals surface area (Å²) in [6, 6.07) is 0.214. The molecule has 1 aliphatic carbocycles. The van der Waals surface area contributed by atoms with E-state index in [1.54, 1.807) is 18.9 Å². The van der Waals surface area contributed by atoms with Crippen molar-refractivity contribution in [2.45, 2.75) is 31.8 Å². The summed E-state index contributed by atoms with van der Waals surface area (Å²) in [5.74, 6) is 0.0933. The normalized spacial score (nSPS) is 18.2. The van der Waals surface area contributed by atoms with Crippen LogP contribution in [0.4, 0.5) is 0 Å². The van der Waals surface area contributed by atoms with Crippen LogP contribution in [0.2, 0.25) is 0 Å². The molecule has 0 spiro atoms. The quantitative estimate of drug-likeness (QED) is 0.696. The Morgan fingerprint density at radius 1 is 1.50 bits per heavy atom. The van der Waals surface area contributed by atoms with Crippen molar-refractivity contribution < 1.29 is 13.2 Å². The van der Waals surface area contributed by atoms with E-state index in [1.165, 1.54) is 6.26 Å². The number of nitrogens with one attached hydrogen (secondary N) is 1. The number of sulfone groups is 1. The van der Waals surface area contributed by atoms with E-state index in [9.17, 15) is 13.2 Å². The number of carbonyl (C=O) groups excluding carboxylic acids is 1. The minimum Gasteiger partial charge on any atom is -0.342 e. The second-order valence-electron chi connectivity index (χ2n) is 4.61. The smallest absolute Gasteiger partial charge is 0.236 e. The summed E-state index contributed by atoms with van der Waals surface area (Å²) in [6.07, 6.45) is 3.37. The van der Waals surface area contributed by atoms with Gasteiger partial charge in [-0.1, -0.05) is 0 Å². The summed E-state index contributed by atoms with van der Waals surface area (Å²) >= 11 is 0. The van der Waals surface area contributed by atoms with Crippen molar-refractivity contribution in [2.75, 3.05) is 25.6 Å². The summed E-state index contributed by atoms with van der Waals surface area (Å²) in [4.78, 5) is 13.3. The molecule has 1 rings (SSSR count). The van der Waals surface area contributed by atoms with Crippen molar-refractivity contribution >= 4 is 15.7 Å². The summed E-state index contributed by atoms with van der Waals surface area (Å²) in [6.45, 7) is 1.98. The number of likely N-dealkylation sites (N-methyl/N-ethyl adjacent to an activating group) is 1. The van der Waals surface area contributed by atoms with Crippen LogP contribution in [0.25, 0.3) is 0 Å². The van der Waals surface area contributed by atoms with Gasteiger partial charge >= 0.3 is 0 Å². The average Bonchev–Trinajstić information content (AvgIpc) is 2.93. The molecule has 0 saturated heterocycles. The van der Waals surface area contributed by atoms with Gasteiger partial charge in [0.2, 0.25) is 5.91 Å². The fraction of sp³-hybridized carbons (Fsp3) is 0.900. The molecule has 0 bridgehead atoms. The lowest BCUT2D eigenvalue weighted by atomic mass is 10.4. The Labute approximate surface area is 97.1 Å². The monoisotopic (exact) mass is 248 g/mol. The van der Waals surface area contributed by atoms with Crippen molar-refractivity contribution in [1.82, 2.24) is 10.2 Å². The maximum absolute atomic E-state index is 11.6. The Balaban J connectivity index is 2.25. The van der Waals surface area contributed by atoms with Crippen molar-refractivity contribution in [2.24, 2.45) is 0 Å². The van der Waals surface area contributed by atoms with E-state index >= 15 is 0 Å². The predicted molar refractivity (Wildman–Crippen MR) is 63.0 cm³/mol. The van der Waals surface area contributed by atoms with Gasteiger partial charge in [-0.25, -0.2) is 8.42 Å². The molecule has 1 aliphatic rings. The molecule has 0 aromatic heterocycles. The summed E-state index contributed by atoms with van der Waals surface area (Å²) in [5, 5.41) is 2.93. The zero-order chi connectivity index (χ0) is 12.3. The highest BCUT2D eigenvalue weighted by atomic mass is 32.2. The minimum absolute atomic E-state index is 0.0304. The van der Waals surface area contributed by atoms with Crippen LogP contribution < -0.4 is 5.32 Å². The van der Waals surface area contributed by atoms with E-state index < -0.39 is 9.84 Å². The van der Waals surface area contributed by atoms with Crippen LogP contribution >= 0.6 is 0 Å². The van der Waals surface area contributed by atoms with E-state index in [0.717, 1.165) is 12.8 Å². The lowest BCUT2D eigenvalue weighted by Crippen LogP contribution is -2.42. The molecule has 16 heavy (non-hydrogen) atoms. The van der Waals surface area contributed by atoms with Gasteiger partial charge in [0.05, 0.1) is 12.3 Å². The topological polar surface area (TPSA) is 66.5 Å². The molecule has 1 saturated carbocycles. The molecule has 0 heterocycles. The van der Waals surface area contributed by atoms with Gasteiger partial charge in [0.15, 0.2) is 0 Å². The summed E-state index contributed by atoms with van der Waals surface area (Å²) in [7, 11) is -1.19. The zero-order valence-electron chi connectivity index (χ0n) is 10.1. The molecule has 1 fully saturated rings. The first kappa shape index (κ1) is 13.4. The number of carbonyl (C=O) groups is 1. The Bertz CT molecular complexity index is 349. The first-order valence-electron chi connectivity index (χ1n) is 5.46. The van der Waals surface area contributed by atoms with Gasteiger partial charge in [-0.15, -0.1) is 0 Å². The molecule has 0 aliphatic heterocycles. The van der Waals surface area contributed by atoms with Crippen molar-refractivity contribution in [3.63, 3.8) is 0 Å². The van der Waals surface area contributed by atoms with Crippen molar-refractivity contribution in [3.05, 3.63) is 0 Å². The first-order valence-corrected chi connectivity index (χ1v) is 7.52. The molecule has 1 N–H and O–H groups in total. The Hall–Kier alpha value is -0.620. The molecule has 1 unspecified atom stereocenters. The molecule has 94 valence electrons. The van der Waals surface area contributed by atoms with Crippen LogP contribution in [0.5, 0.6) is 0 Å². The van der Waals surface area contributed by atoms with Gasteiger partial charge in [-0.3, -0.25) is 4.79 Å². The largest absolute Gasteiger partial charge is 0.342 e. The fourth-order valence-electron chi connectivity index (χ4n) is 1.56. The molecule has 0 radical (unpaired) electrons. The lowest BCUT2D eigenvalue weighted by Gasteiger charge is -2.18. The molecule has 1 amide bonds.